The first kappa shape index (κ1) is 18.2. The summed E-state index contributed by atoms with van der Waals surface area (Å²) in [5.74, 6) is 3.28. The minimum atomic E-state index is -0.300. The van der Waals surface area contributed by atoms with Gasteiger partial charge in [0.1, 0.15) is 23.7 Å². The summed E-state index contributed by atoms with van der Waals surface area (Å²) in [6.07, 6.45) is 7.51. The van der Waals surface area contributed by atoms with Crippen LogP contribution in [-0.2, 0) is 0 Å². The Morgan fingerprint density at radius 2 is 2.00 bits per heavy atom. The molecule has 0 aliphatic carbocycles. The maximum absolute atomic E-state index is 10.2. The fourth-order valence-corrected chi connectivity index (χ4v) is 4.25. The summed E-state index contributed by atoms with van der Waals surface area (Å²) in [5, 5.41) is 10.2. The van der Waals surface area contributed by atoms with E-state index in [4.69, 9.17) is 4.42 Å². The molecule has 0 bridgehead atoms. The molecule has 2 aliphatic heterocycles. The van der Waals surface area contributed by atoms with Crippen LogP contribution in [0.4, 0.5) is 11.6 Å². The zero-order chi connectivity index (χ0) is 18.8. The van der Waals surface area contributed by atoms with Crippen LogP contribution in [0.2, 0.25) is 0 Å². The van der Waals surface area contributed by atoms with Gasteiger partial charge in [-0.3, -0.25) is 0 Å². The molecule has 1 N–H and O–H groups in total. The SMILES string of the molecule is CN(C)C[C@H]1C[C@@H](O)CN1c1cc(N2CCC(c3cnco3)CC2)ncn1. The van der Waals surface area contributed by atoms with Crippen molar-refractivity contribution in [3.05, 3.63) is 30.7 Å². The minimum absolute atomic E-state index is 0.273. The molecule has 0 unspecified atom stereocenters. The van der Waals surface area contributed by atoms with Crippen LogP contribution in [0.1, 0.15) is 30.9 Å². The molecule has 0 aromatic carbocycles. The molecule has 4 heterocycles. The van der Waals surface area contributed by atoms with Gasteiger partial charge in [0.25, 0.3) is 0 Å². The van der Waals surface area contributed by atoms with Crippen molar-refractivity contribution in [2.24, 2.45) is 0 Å². The third-order valence-electron chi connectivity index (χ3n) is 5.57. The predicted molar refractivity (Wildman–Crippen MR) is 103 cm³/mol. The maximum atomic E-state index is 10.2. The topological polar surface area (TPSA) is 81.8 Å². The Morgan fingerprint density at radius 3 is 2.70 bits per heavy atom. The van der Waals surface area contributed by atoms with E-state index in [-0.39, 0.29) is 12.1 Å². The van der Waals surface area contributed by atoms with Crippen molar-refractivity contribution >= 4 is 11.6 Å². The highest BCUT2D eigenvalue weighted by Crippen LogP contribution is 2.31. The van der Waals surface area contributed by atoms with Crippen LogP contribution in [0.25, 0.3) is 0 Å². The van der Waals surface area contributed by atoms with E-state index in [1.165, 1.54) is 6.39 Å². The van der Waals surface area contributed by atoms with Crippen LogP contribution in [-0.4, -0.2) is 77.4 Å². The lowest BCUT2D eigenvalue weighted by Gasteiger charge is -2.33. The zero-order valence-corrected chi connectivity index (χ0v) is 16.0. The van der Waals surface area contributed by atoms with Gasteiger partial charge in [0.2, 0.25) is 0 Å². The molecule has 2 aromatic heterocycles. The van der Waals surface area contributed by atoms with Crippen molar-refractivity contribution in [1.82, 2.24) is 19.9 Å². The average Bonchev–Trinajstić information content (AvgIpc) is 3.31. The first-order valence-electron chi connectivity index (χ1n) is 9.65. The number of oxazole rings is 1. The summed E-state index contributed by atoms with van der Waals surface area (Å²) in [4.78, 5) is 19.7. The highest BCUT2D eigenvalue weighted by Gasteiger charge is 2.32. The van der Waals surface area contributed by atoms with E-state index in [1.54, 1.807) is 6.33 Å². The quantitative estimate of drug-likeness (QED) is 0.842. The molecule has 0 saturated carbocycles. The summed E-state index contributed by atoms with van der Waals surface area (Å²) < 4.78 is 5.46. The summed E-state index contributed by atoms with van der Waals surface area (Å²) in [5.41, 5.74) is 0. The number of likely N-dealkylation sites (N-methyl/N-ethyl adjacent to an activating group) is 1. The third kappa shape index (κ3) is 4.06. The number of hydrogen-bond donors (Lipinski definition) is 1. The second-order valence-corrected chi connectivity index (χ2v) is 7.86. The van der Waals surface area contributed by atoms with Crippen LogP contribution in [0.5, 0.6) is 0 Å². The van der Waals surface area contributed by atoms with Gasteiger partial charge in [-0.2, -0.15) is 0 Å². The number of anilines is 2. The monoisotopic (exact) mass is 372 g/mol. The van der Waals surface area contributed by atoms with Gasteiger partial charge in [0.15, 0.2) is 6.39 Å². The van der Waals surface area contributed by atoms with Crippen LogP contribution >= 0.6 is 0 Å². The van der Waals surface area contributed by atoms with Gasteiger partial charge in [-0.05, 0) is 33.4 Å². The molecule has 27 heavy (non-hydrogen) atoms. The van der Waals surface area contributed by atoms with E-state index in [0.29, 0.717) is 12.5 Å². The van der Waals surface area contributed by atoms with Crippen LogP contribution in [0.3, 0.4) is 0 Å². The molecular weight excluding hydrogens is 344 g/mol. The molecule has 8 nitrogen and oxygen atoms in total. The van der Waals surface area contributed by atoms with Gasteiger partial charge in [0, 0.05) is 44.2 Å². The Kier molecular flexibility index (Phi) is 5.27. The molecule has 0 spiro atoms. The van der Waals surface area contributed by atoms with E-state index >= 15 is 0 Å². The fourth-order valence-electron chi connectivity index (χ4n) is 4.25. The van der Waals surface area contributed by atoms with Crippen LogP contribution < -0.4 is 9.80 Å². The normalized spacial score (nSPS) is 24.1. The van der Waals surface area contributed by atoms with E-state index in [0.717, 1.165) is 56.3 Å². The Morgan fingerprint density at radius 1 is 1.22 bits per heavy atom. The summed E-state index contributed by atoms with van der Waals surface area (Å²) in [6, 6.07) is 2.34. The van der Waals surface area contributed by atoms with E-state index in [2.05, 4.69) is 49.8 Å². The standard InChI is InChI=1S/C19H28N6O2/c1-23(2)10-15-7-16(26)11-25(15)19-8-18(21-12-22-19)24-5-3-14(4-6-24)17-9-20-13-27-17/h8-9,12-16,26H,3-7,10-11H2,1-2H3/t15-,16-/m1/s1. The number of rotatable bonds is 5. The van der Waals surface area contributed by atoms with Gasteiger partial charge >= 0.3 is 0 Å². The summed E-state index contributed by atoms with van der Waals surface area (Å²) in [7, 11) is 4.12. The number of aromatic nitrogens is 3. The van der Waals surface area contributed by atoms with E-state index in [9.17, 15) is 5.11 Å². The Bertz CT molecular complexity index is 730. The number of aliphatic hydroxyl groups excluding tert-OH is 1. The van der Waals surface area contributed by atoms with Crippen LogP contribution in [0, 0.1) is 0 Å². The summed E-state index contributed by atoms with van der Waals surface area (Å²) in [6.45, 7) is 3.40. The first-order chi connectivity index (χ1) is 13.1. The molecular formula is C19H28N6O2. The van der Waals surface area contributed by atoms with Crippen molar-refractivity contribution in [2.75, 3.05) is 50.1 Å². The van der Waals surface area contributed by atoms with Gasteiger partial charge < -0.3 is 24.2 Å². The Balaban J connectivity index is 1.45. The lowest BCUT2D eigenvalue weighted by Crippen LogP contribution is -2.38. The van der Waals surface area contributed by atoms with Gasteiger partial charge in [-0.25, -0.2) is 15.0 Å². The number of β-amino-alcohol motifs (C(OH)–C–C–N with tert-alkyl or cyclic N) is 1. The molecule has 2 fully saturated rings. The molecule has 0 amide bonds. The number of aliphatic hydroxyl groups is 1. The maximum Gasteiger partial charge on any atom is 0.180 e. The minimum Gasteiger partial charge on any atom is -0.448 e. The Labute approximate surface area is 159 Å². The molecule has 2 atom stereocenters. The van der Waals surface area contributed by atoms with Crippen molar-refractivity contribution in [1.29, 1.82) is 0 Å². The number of hydrogen-bond acceptors (Lipinski definition) is 8. The third-order valence-corrected chi connectivity index (χ3v) is 5.57. The Hall–Kier alpha value is -2.19. The highest BCUT2D eigenvalue weighted by molar-refractivity contribution is 5.52. The van der Waals surface area contributed by atoms with Crippen LogP contribution in [0.15, 0.2) is 29.4 Å². The van der Waals surface area contributed by atoms with E-state index in [1.807, 2.05) is 6.20 Å². The second kappa shape index (κ2) is 7.82. The number of nitrogens with zero attached hydrogens (tertiary/aromatic N) is 6. The molecule has 2 aliphatic rings. The van der Waals surface area contributed by atoms with Crippen molar-refractivity contribution < 1.29 is 9.52 Å². The van der Waals surface area contributed by atoms with E-state index < -0.39 is 0 Å². The van der Waals surface area contributed by atoms with Crippen molar-refractivity contribution in [2.45, 2.75) is 37.3 Å². The predicted octanol–water partition coefficient (Wildman–Crippen LogP) is 1.35. The molecule has 8 heteroatoms. The first-order valence-corrected chi connectivity index (χ1v) is 9.65. The van der Waals surface area contributed by atoms with Crippen molar-refractivity contribution in [3.63, 3.8) is 0 Å². The lowest BCUT2D eigenvalue weighted by molar-refractivity contribution is 0.191. The smallest absolute Gasteiger partial charge is 0.180 e. The average molecular weight is 372 g/mol. The number of piperidine rings is 1. The highest BCUT2D eigenvalue weighted by atomic mass is 16.3. The molecule has 146 valence electrons. The van der Waals surface area contributed by atoms with Gasteiger partial charge in [0.05, 0.1) is 12.3 Å². The molecule has 4 rings (SSSR count). The van der Waals surface area contributed by atoms with Gasteiger partial charge in [-0.1, -0.05) is 0 Å². The molecule has 0 radical (unpaired) electrons. The zero-order valence-electron chi connectivity index (χ0n) is 16.0. The summed E-state index contributed by atoms with van der Waals surface area (Å²) >= 11 is 0. The molecule has 2 saturated heterocycles. The largest absolute Gasteiger partial charge is 0.448 e. The van der Waals surface area contributed by atoms with Crippen molar-refractivity contribution in [3.8, 4) is 0 Å². The second-order valence-electron chi connectivity index (χ2n) is 7.86. The van der Waals surface area contributed by atoms with Gasteiger partial charge in [-0.15, -0.1) is 0 Å². The fraction of sp³-hybridized carbons (Fsp3) is 0.632. The lowest BCUT2D eigenvalue weighted by atomic mass is 9.95. The molecule has 2 aromatic rings.